The summed E-state index contributed by atoms with van der Waals surface area (Å²) in [6.07, 6.45) is 18.8. The van der Waals surface area contributed by atoms with E-state index in [9.17, 15) is 0 Å². The van der Waals surface area contributed by atoms with Crippen molar-refractivity contribution >= 4 is 11.6 Å². The standard InChI is InChI=1S/C19H33ClN/c1-2-3-4-5-6-7-8-9-10-11-12-14-17-21-18-15-13-16-19(21)20/h13,15-16,18H,2-12,14,17H2,1H3/q+1. The number of hydrogen-bond donors (Lipinski definition) is 0. The number of nitrogens with zero attached hydrogens (tertiary/aromatic N) is 1. The van der Waals surface area contributed by atoms with Crippen LogP contribution in [0.1, 0.15) is 84.0 Å². The summed E-state index contributed by atoms with van der Waals surface area (Å²) in [6.45, 7) is 3.33. The maximum Gasteiger partial charge on any atom is 0.274 e. The molecule has 0 fully saturated rings. The molecule has 0 aliphatic carbocycles. The molecule has 0 amide bonds. The van der Waals surface area contributed by atoms with Gasteiger partial charge < -0.3 is 0 Å². The summed E-state index contributed by atoms with van der Waals surface area (Å²) in [5.41, 5.74) is 0. The van der Waals surface area contributed by atoms with Gasteiger partial charge in [-0.25, -0.2) is 0 Å². The minimum Gasteiger partial charge on any atom is -0.189 e. The van der Waals surface area contributed by atoms with Crippen LogP contribution < -0.4 is 4.57 Å². The largest absolute Gasteiger partial charge is 0.274 e. The van der Waals surface area contributed by atoms with Gasteiger partial charge in [0.2, 0.25) is 0 Å². The molecule has 0 aliphatic rings. The van der Waals surface area contributed by atoms with Crippen molar-refractivity contribution in [2.45, 2.75) is 90.5 Å². The molecule has 0 aliphatic heterocycles. The molecule has 0 aromatic carbocycles. The van der Waals surface area contributed by atoms with Crippen molar-refractivity contribution in [2.75, 3.05) is 0 Å². The van der Waals surface area contributed by atoms with E-state index in [4.69, 9.17) is 11.6 Å². The zero-order chi connectivity index (χ0) is 15.2. The SMILES string of the molecule is CCCCCCCCCCCCCC[n+]1ccccc1Cl. The van der Waals surface area contributed by atoms with E-state index in [2.05, 4.69) is 17.7 Å². The van der Waals surface area contributed by atoms with Crippen molar-refractivity contribution in [3.8, 4) is 0 Å². The highest BCUT2D eigenvalue weighted by Crippen LogP contribution is 2.12. The van der Waals surface area contributed by atoms with Crippen LogP contribution in [0.4, 0.5) is 0 Å². The molecule has 21 heavy (non-hydrogen) atoms. The van der Waals surface area contributed by atoms with Gasteiger partial charge in [-0.2, -0.15) is 4.57 Å². The molecular weight excluding hydrogens is 278 g/mol. The first kappa shape index (κ1) is 18.5. The van der Waals surface area contributed by atoms with Crippen molar-refractivity contribution in [3.05, 3.63) is 29.5 Å². The summed E-state index contributed by atoms with van der Waals surface area (Å²) in [5.74, 6) is 0. The molecule has 0 unspecified atom stereocenters. The number of rotatable bonds is 13. The summed E-state index contributed by atoms with van der Waals surface area (Å²) in [4.78, 5) is 0. The van der Waals surface area contributed by atoms with E-state index in [0.29, 0.717) is 0 Å². The van der Waals surface area contributed by atoms with Gasteiger partial charge in [0.15, 0.2) is 6.20 Å². The minimum atomic E-state index is 0.848. The number of aromatic nitrogens is 1. The number of pyridine rings is 1. The van der Waals surface area contributed by atoms with Crippen molar-refractivity contribution in [1.82, 2.24) is 0 Å². The zero-order valence-corrected chi connectivity index (χ0v) is 14.6. The summed E-state index contributed by atoms with van der Waals surface area (Å²) in [6, 6.07) is 6.00. The lowest BCUT2D eigenvalue weighted by Gasteiger charge is -2.02. The fourth-order valence-electron chi connectivity index (χ4n) is 2.76. The maximum absolute atomic E-state index is 6.13. The van der Waals surface area contributed by atoms with E-state index in [0.717, 1.165) is 11.7 Å². The summed E-state index contributed by atoms with van der Waals surface area (Å²) >= 11 is 6.13. The first-order valence-electron chi connectivity index (χ1n) is 8.98. The quantitative estimate of drug-likeness (QED) is 0.228. The van der Waals surface area contributed by atoms with Crippen LogP contribution in [0.3, 0.4) is 0 Å². The molecular formula is C19H33ClN+. The number of aryl methyl sites for hydroxylation is 1. The fraction of sp³-hybridized carbons (Fsp3) is 0.737. The number of halogens is 1. The van der Waals surface area contributed by atoms with Gasteiger partial charge in [-0.3, -0.25) is 0 Å². The van der Waals surface area contributed by atoms with E-state index in [1.54, 1.807) is 0 Å². The monoisotopic (exact) mass is 310 g/mol. The highest BCUT2D eigenvalue weighted by atomic mass is 35.5. The van der Waals surface area contributed by atoms with Crippen molar-refractivity contribution in [1.29, 1.82) is 0 Å². The van der Waals surface area contributed by atoms with Crippen molar-refractivity contribution in [3.63, 3.8) is 0 Å². The van der Waals surface area contributed by atoms with Crippen LogP contribution in [-0.2, 0) is 6.54 Å². The van der Waals surface area contributed by atoms with Gasteiger partial charge in [-0.15, -0.1) is 0 Å². The number of unbranched alkanes of at least 4 members (excludes halogenated alkanes) is 11. The van der Waals surface area contributed by atoms with Gasteiger partial charge in [0.05, 0.1) is 0 Å². The molecule has 120 valence electrons. The fourth-order valence-corrected chi connectivity index (χ4v) is 2.97. The molecule has 1 nitrogen and oxygen atoms in total. The first-order valence-corrected chi connectivity index (χ1v) is 9.36. The third kappa shape index (κ3) is 9.90. The second-order valence-corrected chi connectivity index (χ2v) is 6.49. The predicted molar refractivity (Wildman–Crippen MR) is 92.7 cm³/mol. The Balaban J connectivity index is 1.84. The Morgan fingerprint density at radius 1 is 0.762 bits per heavy atom. The lowest BCUT2D eigenvalue weighted by Crippen LogP contribution is -2.34. The lowest BCUT2D eigenvalue weighted by atomic mass is 10.1. The van der Waals surface area contributed by atoms with Gasteiger partial charge >= 0.3 is 0 Å². The van der Waals surface area contributed by atoms with Crippen LogP contribution in [0, 0.1) is 0 Å². The molecule has 0 N–H and O–H groups in total. The molecule has 0 bridgehead atoms. The predicted octanol–water partition coefficient (Wildman–Crippen LogP) is 6.33. The van der Waals surface area contributed by atoms with E-state index >= 15 is 0 Å². The Morgan fingerprint density at radius 2 is 1.29 bits per heavy atom. The molecule has 1 aromatic rings. The molecule has 1 aromatic heterocycles. The summed E-state index contributed by atoms with van der Waals surface area (Å²) in [5, 5.41) is 0.848. The average molecular weight is 311 g/mol. The van der Waals surface area contributed by atoms with Gasteiger partial charge in [-0.1, -0.05) is 71.1 Å². The van der Waals surface area contributed by atoms with Crippen LogP contribution in [0.15, 0.2) is 24.4 Å². The maximum atomic E-state index is 6.13. The van der Waals surface area contributed by atoms with E-state index in [-0.39, 0.29) is 0 Å². The third-order valence-corrected chi connectivity index (χ3v) is 4.48. The zero-order valence-electron chi connectivity index (χ0n) is 13.8. The molecule has 0 radical (unpaired) electrons. The molecule has 0 spiro atoms. The second kappa shape index (κ2) is 13.1. The topological polar surface area (TPSA) is 3.88 Å². The van der Waals surface area contributed by atoms with Crippen LogP contribution in [0.2, 0.25) is 5.15 Å². The smallest absolute Gasteiger partial charge is 0.189 e. The second-order valence-electron chi connectivity index (χ2n) is 6.11. The third-order valence-electron chi connectivity index (χ3n) is 4.14. The van der Waals surface area contributed by atoms with Crippen LogP contribution in [-0.4, -0.2) is 0 Å². The Bertz CT molecular complexity index is 351. The summed E-state index contributed by atoms with van der Waals surface area (Å²) < 4.78 is 2.14. The summed E-state index contributed by atoms with van der Waals surface area (Å²) in [7, 11) is 0. The number of hydrogen-bond acceptors (Lipinski definition) is 0. The highest BCUT2D eigenvalue weighted by Gasteiger charge is 2.04. The van der Waals surface area contributed by atoms with Gasteiger partial charge in [0.1, 0.15) is 6.54 Å². The van der Waals surface area contributed by atoms with E-state index in [1.807, 2.05) is 18.2 Å². The minimum absolute atomic E-state index is 0.848. The molecule has 2 heteroatoms. The average Bonchev–Trinajstić information content (AvgIpc) is 2.50. The van der Waals surface area contributed by atoms with Gasteiger partial charge in [0, 0.05) is 18.6 Å². The van der Waals surface area contributed by atoms with Crippen LogP contribution >= 0.6 is 11.6 Å². The van der Waals surface area contributed by atoms with Crippen molar-refractivity contribution < 1.29 is 4.57 Å². The van der Waals surface area contributed by atoms with Crippen LogP contribution in [0.5, 0.6) is 0 Å². The van der Waals surface area contributed by atoms with E-state index in [1.165, 1.54) is 77.0 Å². The van der Waals surface area contributed by atoms with E-state index < -0.39 is 0 Å². The molecule has 0 saturated heterocycles. The van der Waals surface area contributed by atoms with Gasteiger partial charge in [-0.05, 0) is 24.1 Å². The molecule has 0 saturated carbocycles. The molecule has 1 rings (SSSR count). The lowest BCUT2D eigenvalue weighted by molar-refractivity contribution is -0.695. The molecule has 1 heterocycles. The van der Waals surface area contributed by atoms with Gasteiger partial charge in [0.25, 0.3) is 5.15 Å². The Labute approximate surface area is 136 Å². The Hall–Kier alpha value is -0.560. The Kier molecular flexibility index (Phi) is 11.6. The Morgan fingerprint density at radius 3 is 1.81 bits per heavy atom. The normalized spacial score (nSPS) is 11.0. The first-order chi connectivity index (χ1) is 10.3. The van der Waals surface area contributed by atoms with Crippen LogP contribution in [0.25, 0.3) is 0 Å². The van der Waals surface area contributed by atoms with Crippen molar-refractivity contribution in [2.24, 2.45) is 0 Å². The highest BCUT2D eigenvalue weighted by molar-refractivity contribution is 6.28. The molecule has 0 atom stereocenters.